The largest absolute Gasteiger partial charge is 0.301 e. The minimum Gasteiger partial charge on any atom is -0.301 e. The van der Waals surface area contributed by atoms with Crippen molar-refractivity contribution in [2.75, 3.05) is 13.6 Å². The summed E-state index contributed by atoms with van der Waals surface area (Å²) < 4.78 is 0. The van der Waals surface area contributed by atoms with Crippen molar-refractivity contribution in [1.82, 2.24) is 4.90 Å². The van der Waals surface area contributed by atoms with Gasteiger partial charge in [-0.1, -0.05) is 20.8 Å². The normalized spacial score (nSPS) is 38.7. The maximum absolute atomic E-state index is 2.50. The monoisotopic (exact) mass is 141 g/mol. The summed E-state index contributed by atoms with van der Waals surface area (Å²) in [4.78, 5) is 2.50. The van der Waals surface area contributed by atoms with Crippen molar-refractivity contribution in [3.63, 3.8) is 0 Å². The first-order chi connectivity index (χ1) is 4.67. The molecule has 0 aliphatic heterocycles. The Morgan fingerprint density at radius 1 is 1.50 bits per heavy atom. The van der Waals surface area contributed by atoms with Gasteiger partial charge in [-0.05, 0) is 32.4 Å². The first kappa shape index (κ1) is 8.06. The number of hydrogen-bond acceptors (Lipinski definition) is 1. The van der Waals surface area contributed by atoms with E-state index < -0.39 is 0 Å². The molecular formula is C9H19N. The number of hydrogen-bond donors (Lipinski definition) is 0. The molecule has 1 heteroatoms. The van der Waals surface area contributed by atoms with E-state index in [1.54, 1.807) is 0 Å². The highest BCUT2D eigenvalue weighted by molar-refractivity contribution is 5.07. The molecule has 1 rings (SSSR count). The summed E-state index contributed by atoms with van der Waals surface area (Å²) in [5.41, 5.74) is 0.592. The molecule has 10 heavy (non-hydrogen) atoms. The Labute approximate surface area is 64.4 Å². The minimum absolute atomic E-state index is 0.592. The van der Waals surface area contributed by atoms with Crippen LogP contribution >= 0.6 is 0 Å². The van der Waals surface area contributed by atoms with Gasteiger partial charge < -0.3 is 4.90 Å². The molecule has 0 N–H and O–H groups in total. The quantitative estimate of drug-likeness (QED) is 0.582. The summed E-state index contributed by atoms with van der Waals surface area (Å²) in [7, 11) is 2.24. The Hall–Kier alpha value is -0.0400. The highest BCUT2D eigenvalue weighted by Crippen LogP contribution is 2.49. The van der Waals surface area contributed by atoms with Crippen molar-refractivity contribution in [1.29, 1.82) is 0 Å². The molecule has 0 aromatic heterocycles. The first-order valence-electron chi connectivity index (χ1n) is 4.38. The summed E-state index contributed by atoms with van der Waals surface area (Å²) in [6, 6.07) is 0. The minimum atomic E-state index is 0.592. The van der Waals surface area contributed by atoms with Gasteiger partial charge >= 0.3 is 0 Å². The zero-order valence-electron chi connectivity index (χ0n) is 7.65. The van der Waals surface area contributed by atoms with Gasteiger partial charge in [-0.3, -0.25) is 0 Å². The zero-order chi connectivity index (χ0) is 7.78. The third kappa shape index (κ3) is 0.968. The Morgan fingerprint density at radius 3 is 2.10 bits per heavy atom. The Balaban J connectivity index is 2.51. The van der Waals surface area contributed by atoms with Crippen molar-refractivity contribution in [2.45, 2.75) is 39.2 Å². The van der Waals surface area contributed by atoms with E-state index >= 15 is 0 Å². The molecule has 0 aromatic carbocycles. The van der Waals surface area contributed by atoms with Gasteiger partial charge in [0.05, 0.1) is 0 Å². The molecule has 0 amide bonds. The molecule has 60 valence electrons. The van der Waals surface area contributed by atoms with Crippen molar-refractivity contribution in [3.8, 4) is 0 Å². The second kappa shape index (κ2) is 2.54. The second-order valence-electron chi connectivity index (χ2n) is 3.58. The third-order valence-corrected chi connectivity index (χ3v) is 3.26. The van der Waals surface area contributed by atoms with Crippen LogP contribution in [0.4, 0.5) is 0 Å². The van der Waals surface area contributed by atoms with Crippen LogP contribution in [0.15, 0.2) is 0 Å². The topological polar surface area (TPSA) is 3.24 Å². The van der Waals surface area contributed by atoms with Gasteiger partial charge in [0.2, 0.25) is 0 Å². The zero-order valence-corrected chi connectivity index (χ0v) is 7.65. The standard InChI is InChI=1S/C9H19N/c1-5-9(7-8(9)3)10(4)6-2/h8H,5-7H2,1-4H3. The predicted octanol–water partition coefficient (Wildman–Crippen LogP) is 2.13. The number of rotatable bonds is 3. The molecule has 2 unspecified atom stereocenters. The van der Waals surface area contributed by atoms with E-state index in [4.69, 9.17) is 0 Å². The molecule has 1 nitrogen and oxygen atoms in total. The van der Waals surface area contributed by atoms with Gasteiger partial charge in [-0.25, -0.2) is 0 Å². The van der Waals surface area contributed by atoms with Crippen LogP contribution in [0.1, 0.15) is 33.6 Å². The lowest BCUT2D eigenvalue weighted by atomic mass is 10.1. The van der Waals surface area contributed by atoms with E-state index in [1.807, 2.05) is 0 Å². The van der Waals surface area contributed by atoms with E-state index in [0.717, 1.165) is 5.92 Å². The molecule has 0 bridgehead atoms. The Kier molecular flexibility index (Phi) is 2.04. The van der Waals surface area contributed by atoms with Crippen LogP contribution in [0, 0.1) is 5.92 Å². The Bertz CT molecular complexity index is 118. The third-order valence-electron chi connectivity index (χ3n) is 3.26. The van der Waals surface area contributed by atoms with Gasteiger partial charge in [0.15, 0.2) is 0 Å². The van der Waals surface area contributed by atoms with Crippen molar-refractivity contribution in [2.24, 2.45) is 5.92 Å². The second-order valence-corrected chi connectivity index (χ2v) is 3.58. The summed E-state index contributed by atoms with van der Waals surface area (Å²) in [6.07, 6.45) is 2.73. The first-order valence-corrected chi connectivity index (χ1v) is 4.38. The molecule has 1 aliphatic rings. The maximum Gasteiger partial charge on any atom is 0.0233 e. The SMILES string of the molecule is CCN(C)C1(CC)CC1C. The smallest absolute Gasteiger partial charge is 0.0233 e. The molecule has 2 atom stereocenters. The summed E-state index contributed by atoms with van der Waals surface area (Å²) in [5.74, 6) is 0.933. The van der Waals surface area contributed by atoms with Crippen LogP contribution in [0.2, 0.25) is 0 Å². The molecular weight excluding hydrogens is 122 g/mol. The summed E-state index contributed by atoms with van der Waals surface area (Å²) in [5, 5.41) is 0. The lowest BCUT2D eigenvalue weighted by Gasteiger charge is -2.26. The van der Waals surface area contributed by atoms with E-state index in [-0.39, 0.29) is 0 Å². The summed E-state index contributed by atoms with van der Waals surface area (Å²) >= 11 is 0. The van der Waals surface area contributed by atoms with Crippen molar-refractivity contribution in [3.05, 3.63) is 0 Å². The maximum atomic E-state index is 2.50. The predicted molar refractivity (Wildman–Crippen MR) is 45.1 cm³/mol. The van der Waals surface area contributed by atoms with Crippen LogP contribution in [-0.4, -0.2) is 24.0 Å². The van der Waals surface area contributed by atoms with E-state index in [9.17, 15) is 0 Å². The van der Waals surface area contributed by atoms with E-state index in [1.165, 1.54) is 19.4 Å². The van der Waals surface area contributed by atoms with Gasteiger partial charge in [0.25, 0.3) is 0 Å². The fourth-order valence-electron chi connectivity index (χ4n) is 2.08. The molecule has 1 fully saturated rings. The molecule has 1 aliphatic carbocycles. The average Bonchev–Trinajstić information content (AvgIpc) is 2.61. The average molecular weight is 141 g/mol. The molecule has 1 saturated carbocycles. The lowest BCUT2D eigenvalue weighted by molar-refractivity contribution is 0.210. The molecule has 0 heterocycles. The lowest BCUT2D eigenvalue weighted by Crippen LogP contribution is -2.34. The van der Waals surface area contributed by atoms with Gasteiger partial charge in [0, 0.05) is 5.54 Å². The molecule has 0 saturated heterocycles. The van der Waals surface area contributed by atoms with Crippen LogP contribution < -0.4 is 0 Å². The number of nitrogens with zero attached hydrogens (tertiary/aromatic N) is 1. The molecule has 0 spiro atoms. The van der Waals surface area contributed by atoms with Crippen LogP contribution in [0.5, 0.6) is 0 Å². The van der Waals surface area contributed by atoms with Gasteiger partial charge in [0.1, 0.15) is 0 Å². The van der Waals surface area contributed by atoms with Crippen molar-refractivity contribution < 1.29 is 0 Å². The fourth-order valence-corrected chi connectivity index (χ4v) is 2.08. The van der Waals surface area contributed by atoms with Crippen molar-refractivity contribution >= 4 is 0 Å². The highest BCUT2D eigenvalue weighted by atomic mass is 15.2. The van der Waals surface area contributed by atoms with Gasteiger partial charge in [-0.15, -0.1) is 0 Å². The highest BCUT2D eigenvalue weighted by Gasteiger charge is 2.51. The van der Waals surface area contributed by atoms with Crippen LogP contribution in [0.25, 0.3) is 0 Å². The van der Waals surface area contributed by atoms with E-state index in [0.29, 0.717) is 5.54 Å². The van der Waals surface area contributed by atoms with Gasteiger partial charge in [-0.2, -0.15) is 0 Å². The molecule has 0 aromatic rings. The van der Waals surface area contributed by atoms with E-state index in [2.05, 4.69) is 32.7 Å². The van der Waals surface area contributed by atoms with Crippen LogP contribution in [-0.2, 0) is 0 Å². The summed E-state index contributed by atoms with van der Waals surface area (Å²) in [6.45, 7) is 8.09. The van der Waals surface area contributed by atoms with Crippen LogP contribution in [0.3, 0.4) is 0 Å². The Morgan fingerprint density at radius 2 is 2.00 bits per heavy atom. The molecule has 0 radical (unpaired) electrons. The fraction of sp³-hybridized carbons (Fsp3) is 1.00.